The minimum Gasteiger partial charge on any atom is -1.00 e. The fourth-order valence-electron chi connectivity index (χ4n) is 3.37. The van der Waals surface area contributed by atoms with Crippen molar-refractivity contribution in [3.63, 3.8) is 0 Å². The summed E-state index contributed by atoms with van der Waals surface area (Å²) in [7, 11) is 1.34. The van der Waals surface area contributed by atoms with Crippen LogP contribution in [-0.2, 0) is 16.1 Å². The summed E-state index contributed by atoms with van der Waals surface area (Å²) >= 11 is 1.28. The molecule has 1 N–H and O–H groups in total. The van der Waals surface area contributed by atoms with E-state index in [2.05, 4.69) is 10.00 Å². The van der Waals surface area contributed by atoms with Crippen LogP contribution in [0.2, 0.25) is 0 Å². The molecule has 1 aliphatic rings. The zero-order chi connectivity index (χ0) is 17.8. The minimum absolute atomic E-state index is 0. The van der Waals surface area contributed by atoms with Crippen molar-refractivity contribution in [2.24, 2.45) is 0 Å². The lowest BCUT2D eigenvalue weighted by molar-refractivity contribution is -0.767. The van der Waals surface area contributed by atoms with Gasteiger partial charge in [-0.1, -0.05) is 19.3 Å². The molecule has 0 aliphatic heterocycles. The monoisotopic (exact) mass is 441 g/mol. The molecule has 6 nitrogen and oxygen atoms in total. The largest absolute Gasteiger partial charge is 1.00 e. The van der Waals surface area contributed by atoms with Crippen LogP contribution in [0, 0.1) is 6.92 Å². The van der Waals surface area contributed by atoms with Crippen molar-refractivity contribution in [2.75, 3.05) is 12.4 Å². The van der Waals surface area contributed by atoms with Crippen LogP contribution in [0.1, 0.15) is 53.4 Å². The van der Waals surface area contributed by atoms with Crippen LogP contribution in [-0.4, -0.2) is 23.7 Å². The third-order valence-corrected chi connectivity index (χ3v) is 5.74. The van der Waals surface area contributed by atoms with E-state index < -0.39 is 5.97 Å². The second kappa shape index (κ2) is 9.32. The molecule has 1 amide bonds. The van der Waals surface area contributed by atoms with Gasteiger partial charge in [0.15, 0.2) is 6.20 Å². The Balaban J connectivity index is 0.00000243. The number of amides is 1. The molecule has 26 heavy (non-hydrogen) atoms. The second-order valence-electron chi connectivity index (χ2n) is 6.42. The van der Waals surface area contributed by atoms with E-state index in [-0.39, 0.29) is 29.4 Å². The smallest absolute Gasteiger partial charge is 0.350 e. The SMILES string of the molecule is COC(=O)c1scc(C)c1NC(=O)C[n+]1cccn1C1CCCCC1.[Br-]. The fraction of sp³-hybridized carbons (Fsp3) is 0.500. The molecule has 0 unspecified atom stereocenters. The molecular formula is C18H24BrN3O3S. The first-order valence-electron chi connectivity index (χ1n) is 8.63. The quantitative estimate of drug-likeness (QED) is 0.527. The van der Waals surface area contributed by atoms with E-state index in [9.17, 15) is 9.59 Å². The van der Waals surface area contributed by atoms with Crippen molar-refractivity contribution in [3.8, 4) is 0 Å². The molecule has 0 radical (unpaired) electrons. The maximum Gasteiger partial charge on any atom is 0.350 e. The van der Waals surface area contributed by atoms with E-state index >= 15 is 0 Å². The van der Waals surface area contributed by atoms with Gasteiger partial charge in [0.05, 0.1) is 25.0 Å². The Morgan fingerprint density at radius 3 is 2.77 bits per heavy atom. The molecule has 1 aliphatic carbocycles. The molecule has 1 saturated carbocycles. The number of aromatic nitrogens is 2. The number of carbonyl (C=O) groups excluding carboxylic acids is 2. The summed E-state index contributed by atoms with van der Waals surface area (Å²) in [6, 6.07) is 2.43. The fourth-order valence-corrected chi connectivity index (χ4v) is 4.29. The maximum atomic E-state index is 12.5. The maximum absolute atomic E-state index is 12.5. The Hall–Kier alpha value is -1.67. The molecule has 1 fully saturated rings. The van der Waals surface area contributed by atoms with Crippen molar-refractivity contribution >= 4 is 28.9 Å². The number of nitrogens with zero attached hydrogens (tertiary/aromatic N) is 2. The van der Waals surface area contributed by atoms with Crippen molar-refractivity contribution in [1.82, 2.24) is 4.68 Å². The highest BCUT2D eigenvalue weighted by molar-refractivity contribution is 7.12. The Bertz CT molecular complexity index is 766. The summed E-state index contributed by atoms with van der Waals surface area (Å²) in [6.07, 6.45) is 10.1. The van der Waals surface area contributed by atoms with Crippen molar-refractivity contribution in [1.29, 1.82) is 0 Å². The number of carbonyl (C=O) groups is 2. The topological polar surface area (TPSA) is 64.2 Å². The normalized spacial score (nSPS) is 14.5. The number of halogens is 1. The first kappa shape index (κ1) is 20.6. The van der Waals surface area contributed by atoms with E-state index in [0.717, 1.165) is 18.4 Å². The van der Waals surface area contributed by atoms with Crippen LogP contribution in [0.15, 0.2) is 23.8 Å². The Labute approximate surface area is 167 Å². The molecule has 2 heterocycles. The predicted molar refractivity (Wildman–Crippen MR) is 95.8 cm³/mol. The molecule has 0 aromatic carbocycles. The molecule has 0 spiro atoms. The third-order valence-electron chi connectivity index (χ3n) is 4.66. The molecule has 0 atom stereocenters. The summed E-state index contributed by atoms with van der Waals surface area (Å²) in [4.78, 5) is 24.8. The highest BCUT2D eigenvalue weighted by Gasteiger charge is 2.24. The highest BCUT2D eigenvalue weighted by atomic mass is 79.9. The summed E-state index contributed by atoms with van der Waals surface area (Å²) in [5.41, 5.74) is 1.42. The summed E-state index contributed by atoms with van der Waals surface area (Å²) < 4.78 is 8.90. The predicted octanol–water partition coefficient (Wildman–Crippen LogP) is 0.0800. The number of rotatable bonds is 5. The molecule has 8 heteroatoms. The molecule has 2 aromatic rings. The van der Waals surface area contributed by atoms with Gasteiger partial charge in [-0.3, -0.25) is 4.79 Å². The second-order valence-corrected chi connectivity index (χ2v) is 7.30. The van der Waals surface area contributed by atoms with Gasteiger partial charge in [0.2, 0.25) is 6.54 Å². The molecular weight excluding hydrogens is 418 g/mol. The van der Waals surface area contributed by atoms with Gasteiger partial charge in [-0.05, 0) is 30.7 Å². The first-order valence-corrected chi connectivity index (χ1v) is 9.51. The zero-order valence-electron chi connectivity index (χ0n) is 15.0. The standard InChI is InChI=1S/C18H23N3O3S.BrH/c1-13-12-25-17(18(23)24-2)16(13)19-15(22)11-20-9-6-10-21(20)14-7-4-3-5-8-14;/h6,9-10,12,14H,3-5,7-8,11H2,1-2H3;1H. The number of methoxy groups -OCH3 is 1. The average molecular weight is 442 g/mol. The number of ether oxygens (including phenoxy) is 1. The van der Waals surface area contributed by atoms with Crippen LogP contribution in [0.4, 0.5) is 5.69 Å². The Kier molecular flexibility index (Phi) is 7.40. The minimum atomic E-state index is -0.424. The average Bonchev–Trinajstić information content (AvgIpc) is 3.22. The third kappa shape index (κ3) is 4.54. The van der Waals surface area contributed by atoms with Gasteiger partial charge in [0.25, 0.3) is 5.91 Å². The van der Waals surface area contributed by atoms with Gasteiger partial charge in [0.1, 0.15) is 4.88 Å². The van der Waals surface area contributed by atoms with Gasteiger partial charge in [-0.2, -0.15) is 4.68 Å². The van der Waals surface area contributed by atoms with Crippen LogP contribution >= 0.6 is 11.3 Å². The van der Waals surface area contributed by atoms with Gasteiger partial charge in [-0.25, -0.2) is 4.79 Å². The van der Waals surface area contributed by atoms with E-state index in [1.54, 1.807) is 0 Å². The number of hydrogen-bond donors (Lipinski definition) is 1. The molecule has 3 rings (SSSR count). The lowest BCUT2D eigenvalue weighted by Gasteiger charge is -2.20. The lowest BCUT2D eigenvalue weighted by Crippen LogP contribution is -3.00. The number of esters is 1. The van der Waals surface area contributed by atoms with Crippen molar-refractivity contribution < 1.29 is 36.0 Å². The number of aryl methyl sites for hydroxylation is 1. The van der Waals surface area contributed by atoms with Crippen molar-refractivity contribution in [3.05, 3.63) is 34.3 Å². The van der Waals surface area contributed by atoms with Gasteiger partial charge >= 0.3 is 5.97 Å². The van der Waals surface area contributed by atoms with E-state index in [4.69, 9.17) is 4.74 Å². The van der Waals surface area contributed by atoms with Gasteiger partial charge in [-0.15, -0.1) is 16.0 Å². The first-order chi connectivity index (χ1) is 12.1. The number of anilines is 1. The number of nitrogens with one attached hydrogen (secondary N) is 1. The van der Waals surface area contributed by atoms with Crippen LogP contribution < -0.4 is 27.0 Å². The number of thiophene rings is 1. The Morgan fingerprint density at radius 2 is 2.08 bits per heavy atom. The summed E-state index contributed by atoms with van der Waals surface area (Å²) in [5, 5.41) is 4.73. The molecule has 0 bridgehead atoms. The van der Waals surface area contributed by atoms with Crippen LogP contribution in [0.3, 0.4) is 0 Å². The molecule has 0 saturated heterocycles. The van der Waals surface area contributed by atoms with Crippen LogP contribution in [0.25, 0.3) is 0 Å². The van der Waals surface area contributed by atoms with E-state index in [1.165, 1.54) is 37.7 Å². The number of hydrogen-bond acceptors (Lipinski definition) is 4. The van der Waals surface area contributed by atoms with Crippen molar-refractivity contribution in [2.45, 2.75) is 51.6 Å². The van der Waals surface area contributed by atoms with Gasteiger partial charge in [0, 0.05) is 6.07 Å². The Morgan fingerprint density at radius 1 is 1.35 bits per heavy atom. The van der Waals surface area contributed by atoms with E-state index in [1.807, 2.05) is 35.4 Å². The van der Waals surface area contributed by atoms with E-state index in [0.29, 0.717) is 16.6 Å². The summed E-state index contributed by atoms with van der Waals surface area (Å²) in [5.74, 6) is -0.570. The summed E-state index contributed by atoms with van der Waals surface area (Å²) in [6.45, 7) is 2.09. The highest BCUT2D eigenvalue weighted by Crippen LogP contribution is 2.28. The zero-order valence-corrected chi connectivity index (χ0v) is 17.4. The van der Waals surface area contributed by atoms with Gasteiger partial charge < -0.3 is 27.0 Å². The molecule has 142 valence electrons. The van der Waals surface area contributed by atoms with Crippen LogP contribution in [0.5, 0.6) is 0 Å². The molecule has 2 aromatic heterocycles. The lowest BCUT2D eigenvalue weighted by atomic mass is 9.96.